The number of amides is 2. The van der Waals surface area contributed by atoms with Gasteiger partial charge >= 0.3 is 0 Å². The number of aromatic nitrogens is 1. The van der Waals surface area contributed by atoms with E-state index >= 15 is 0 Å². The largest absolute Gasteiger partial charge is 0.481 e. The number of benzene rings is 1. The lowest BCUT2D eigenvalue weighted by Gasteiger charge is -2.17. The van der Waals surface area contributed by atoms with Gasteiger partial charge in [0.1, 0.15) is 0 Å². The van der Waals surface area contributed by atoms with Gasteiger partial charge in [-0.1, -0.05) is 6.07 Å². The van der Waals surface area contributed by atoms with Crippen molar-refractivity contribution in [3.63, 3.8) is 0 Å². The van der Waals surface area contributed by atoms with Crippen LogP contribution in [0.1, 0.15) is 26.3 Å². The van der Waals surface area contributed by atoms with Crippen molar-refractivity contribution in [3.05, 3.63) is 53.2 Å². The highest BCUT2D eigenvalue weighted by Gasteiger charge is 2.17. The van der Waals surface area contributed by atoms with Gasteiger partial charge in [-0.05, 0) is 30.2 Å². The average Bonchev–Trinajstić information content (AvgIpc) is 2.55. The number of methoxy groups -OCH3 is 1. The van der Waals surface area contributed by atoms with Gasteiger partial charge in [0.05, 0.1) is 12.7 Å². The highest BCUT2D eigenvalue weighted by molar-refractivity contribution is 6.05. The number of rotatable bonds is 3. The fourth-order valence-electron chi connectivity index (χ4n) is 2.33. The van der Waals surface area contributed by atoms with Crippen LogP contribution in [0.4, 0.5) is 5.69 Å². The third kappa shape index (κ3) is 2.76. The molecule has 0 bridgehead atoms. The molecule has 112 valence electrons. The average molecular weight is 297 g/mol. The Labute approximate surface area is 127 Å². The number of carbonyl (C=O) groups is 2. The Morgan fingerprint density at radius 3 is 2.91 bits per heavy atom. The Balaban J connectivity index is 1.79. The molecule has 0 saturated heterocycles. The molecule has 2 heterocycles. The normalized spacial score (nSPS) is 13.0. The Morgan fingerprint density at radius 2 is 2.18 bits per heavy atom. The third-order valence-corrected chi connectivity index (χ3v) is 3.50. The van der Waals surface area contributed by atoms with Gasteiger partial charge in [0.15, 0.2) is 0 Å². The van der Waals surface area contributed by atoms with E-state index in [4.69, 9.17) is 4.74 Å². The summed E-state index contributed by atoms with van der Waals surface area (Å²) in [7, 11) is 1.51. The quantitative estimate of drug-likeness (QED) is 0.902. The van der Waals surface area contributed by atoms with E-state index in [0.29, 0.717) is 29.2 Å². The zero-order valence-corrected chi connectivity index (χ0v) is 12.1. The maximum absolute atomic E-state index is 12.2. The molecule has 6 heteroatoms. The van der Waals surface area contributed by atoms with Gasteiger partial charge in [0.25, 0.3) is 11.8 Å². The Hall–Kier alpha value is -2.89. The lowest BCUT2D eigenvalue weighted by atomic mass is 10.00. The third-order valence-electron chi connectivity index (χ3n) is 3.50. The lowest BCUT2D eigenvalue weighted by molar-refractivity contribution is 0.0944. The molecule has 0 atom stereocenters. The van der Waals surface area contributed by atoms with Gasteiger partial charge in [-0.2, -0.15) is 0 Å². The molecule has 22 heavy (non-hydrogen) atoms. The second kappa shape index (κ2) is 5.85. The molecule has 0 fully saturated rings. The summed E-state index contributed by atoms with van der Waals surface area (Å²) in [5.41, 5.74) is 2.60. The van der Waals surface area contributed by atoms with Crippen molar-refractivity contribution >= 4 is 17.5 Å². The minimum atomic E-state index is -0.286. The molecule has 0 aliphatic carbocycles. The molecule has 1 aliphatic rings. The minimum absolute atomic E-state index is 0.108. The predicted octanol–water partition coefficient (Wildman–Crippen LogP) is 1.63. The summed E-state index contributed by atoms with van der Waals surface area (Å²) in [5.74, 6) is 0.0526. The van der Waals surface area contributed by atoms with Gasteiger partial charge < -0.3 is 15.4 Å². The summed E-state index contributed by atoms with van der Waals surface area (Å²) < 4.78 is 4.95. The first-order chi connectivity index (χ1) is 10.7. The van der Waals surface area contributed by atoms with Gasteiger partial charge in [0, 0.05) is 30.1 Å². The number of hydrogen-bond donors (Lipinski definition) is 2. The van der Waals surface area contributed by atoms with Gasteiger partial charge in [0.2, 0.25) is 5.88 Å². The molecule has 0 spiro atoms. The Kier molecular flexibility index (Phi) is 3.74. The van der Waals surface area contributed by atoms with Crippen LogP contribution in [0.5, 0.6) is 5.88 Å². The van der Waals surface area contributed by atoms with Crippen LogP contribution in [0.15, 0.2) is 36.5 Å². The zero-order chi connectivity index (χ0) is 15.5. The lowest BCUT2D eigenvalue weighted by Crippen LogP contribution is -2.31. The standard InChI is InChI=1S/C16H15N3O3/c1-22-14-5-3-11(9-18-14)15(20)19-12-4-2-10-6-7-17-16(21)13(10)8-12/h2-5,8-9H,6-7H2,1H3,(H,17,21)(H,19,20). The van der Waals surface area contributed by atoms with E-state index in [-0.39, 0.29) is 11.8 Å². The summed E-state index contributed by atoms with van der Waals surface area (Å²) in [6.45, 7) is 0.648. The zero-order valence-electron chi connectivity index (χ0n) is 12.1. The van der Waals surface area contributed by atoms with E-state index in [9.17, 15) is 9.59 Å². The molecule has 6 nitrogen and oxygen atoms in total. The molecule has 0 radical (unpaired) electrons. The van der Waals surface area contributed by atoms with Crippen LogP contribution in [0.2, 0.25) is 0 Å². The topological polar surface area (TPSA) is 80.3 Å². The number of carbonyl (C=O) groups excluding carboxylic acids is 2. The van der Waals surface area contributed by atoms with E-state index in [1.54, 1.807) is 24.3 Å². The van der Waals surface area contributed by atoms with E-state index in [0.717, 1.165) is 12.0 Å². The maximum atomic E-state index is 12.2. The monoisotopic (exact) mass is 297 g/mol. The highest BCUT2D eigenvalue weighted by Crippen LogP contribution is 2.19. The molecule has 1 aromatic carbocycles. The summed E-state index contributed by atoms with van der Waals surface area (Å²) >= 11 is 0. The molecule has 2 amide bonds. The van der Waals surface area contributed by atoms with Gasteiger partial charge in [-0.15, -0.1) is 0 Å². The first-order valence-corrected chi connectivity index (χ1v) is 6.90. The van der Waals surface area contributed by atoms with Crippen LogP contribution in [0.25, 0.3) is 0 Å². The number of hydrogen-bond acceptors (Lipinski definition) is 4. The summed E-state index contributed by atoms with van der Waals surface area (Å²) in [5, 5.41) is 5.55. The Bertz CT molecular complexity index is 726. The molecule has 0 unspecified atom stereocenters. The summed E-state index contributed by atoms with van der Waals surface area (Å²) in [4.78, 5) is 28.0. The summed E-state index contributed by atoms with van der Waals surface area (Å²) in [6.07, 6.45) is 2.25. The molecule has 1 aliphatic heterocycles. The fourth-order valence-corrected chi connectivity index (χ4v) is 2.33. The predicted molar refractivity (Wildman–Crippen MR) is 81.2 cm³/mol. The van der Waals surface area contributed by atoms with Crippen molar-refractivity contribution in [2.45, 2.75) is 6.42 Å². The first kappa shape index (κ1) is 14.1. The van der Waals surface area contributed by atoms with Gasteiger partial charge in [-0.25, -0.2) is 4.98 Å². The van der Waals surface area contributed by atoms with Crippen molar-refractivity contribution in [2.75, 3.05) is 19.0 Å². The van der Waals surface area contributed by atoms with Crippen LogP contribution in [-0.2, 0) is 6.42 Å². The number of ether oxygens (including phenoxy) is 1. The second-order valence-electron chi connectivity index (χ2n) is 4.92. The van der Waals surface area contributed by atoms with Crippen molar-refractivity contribution in [2.24, 2.45) is 0 Å². The molecule has 2 aromatic rings. The number of anilines is 1. The molecule has 1 aromatic heterocycles. The van der Waals surface area contributed by atoms with Crippen molar-refractivity contribution in [3.8, 4) is 5.88 Å². The van der Waals surface area contributed by atoms with Crippen LogP contribution >= 0.6 is 0 Å². The number of nitrogens with zero attached hydrogens (tertiary/aromatic N) is 1. The SMILES string of the molecule is COc1ccc(C(=O)Nc2ccc3c(c2)C(=O)NCC3)cn1. The van der Waals surface area contributed by atoms with Crippen molar-refractivity contribution in [1.82, 2.24) is 10.3 Å². The van der Waals surface area contributed by atoms with Crippen molar-refractivity contribution < 1.29 is 14.3 Å². The Morgan fingerprint density at radius 1 is 1.32 bits per heavy atom. The molecule has 2 N–H and O–H groups in total. The van der Waals surface area contributed by atoms with Gasteiger partial charge in [-0.3, -0.25) is 9.59 Å². The molecular formula is C16H15N3O3. The van der Waals surface area contributed by atoms with E-state index in [1.807, 2.05) is 6.07 Å². The van der Waals surface area contributed by atoms with Crippen LogP contribution in [0, 0.1) is 0 Å². The van der Waals surface area contributed by atoms with E-state index in [2.05, 4.69) is 15.6 Å². The maximum Gasteiger partial charge on any atom is 0.257 e. The second-order valence-corrected chi connectivity index (χ2v) is 4.92. The van der Waals surface area contributed by atoms with Crippen LogP contribution in [0.3, 0.4) is 0 Å². The first-order valence-electron chi connectivity index (χ1n) is 6.90. The molecule has 3 rings (SSSR count). The van der Waals surface area contributed by atoms with Crippen LogP contribution < -0.4 is 15.4 Å². The molecule has 0 saturated carbocycles. The van der Waals surface area contributed by atoms with E-state index < -0.39 is 0 Å². The summed E-state index contributed by atoms with van der Waals surface area (Å²) in [6, 6.07) is 8.61. The number of pyridine rings is 1. The van der Waals surface area contributed by atoms with E-state index in [1.165, 1.54) is 13.3 Å². The molecular weight excluding hydrogens is 282 g/mol. The van der Waals surface area contributed by atoms with Crippen LogP contribution in [-0.4, -0.2) is 30.5 Å². The smallest absolute Gasteiger partial charge is 0.257 e. The number of nitrogens with one attached hydrogen (secondary N) is 2. The van der Waals surface area contributed by atoms with Crippen molar-refractivity contribution in [1.29, 1.82) is 0 Å². The fraction of sp³-hybridized carbons (Fsp3) is 0.188. The highest BCUT2D eigenvalue weighted by atomic mass is 16.5. The minimum Gasteiger partial charge on any atom is -0.481 e. The number of fused-ring (bicyclic) bond motifs is 1.